The number of carbonyl (C=O) groups is 1. The summed E-state index contributed by atoms with van der Waals surface area (Å²) in [5.41, 5.74) is 0.170. The van der Waals surface area contributed by atoms with Gasteiger partial charge in [-0.2, -0.15) is 0 Å². The van der Waals surface area contributed by atoms with Gasteiger partial charge in [0.2, 0.25) is 5.56 Å². The smallest absolute Gasteiger partial charge is 0.253 e. The Labute approximate surface area is 76.2 Å². The van der Waals surface area contributed by atoms with E-state index in [-0.39, 0.29) is 11.5 Å². The van der Waals surface area contributed by atoms with E-state index in [1.54, 1.807) is 18.0 Å². The van der Waals surface area contributed by atoms with Crippen LogP contribution < -0.4 is 5.56 Å². The van der Waals surface area contributed by atoms with E-state index in [1.807, 2.05) is 6.92 Å². The highest BCUT2D eigenvalue weighted by molar-refractivity contribution is 5.93. The first-order chi connectivity index (χ1) is 6.15. The van der Waals surface area contributed by atoms with Crippen LogP contribution in [0.25, 0.3) is 0 Å². The van der Waals surface area contributed by atoms with Crippen LogP contribution in [0.3, 0.4) is 0 Å². The summed E-state index contributed by atoms with van der Waals surface area (Å²) in [7, 11) is 1.70. The van der Waals surface area contributed by atoms with Gasteiger partial charge in [-0.3, -0.25) is 9.59 Å². The first kappa shape index (κ1) is 9.51. The molecule has 0 saturated carbocycles. The van der Waals surface area contributed by atoms with E-state index in [0.717, 1.165) is 0 Å². The van der Waals surface area contributed by atoms with Gasteiger partial charge in [0, 0.05) is 31.4 Å². The number of H-pyrrole nitrogens is 1. The van der Waals surface area contributed by atoms with Gasteiger partial charge in [0.05, 0.1) is 0 Å². The maximum Gasteiger partial charge on any atom is 0.253 e. The predicted molar refractivity (Wildman–Crippen MR) is 49.7 cm³/mol. The Morgan fingerprint density at radius 2 is 2.31 bits per heavy atom. The van der Waals surface area contributed by atoms with Crippen molar-refractivity contribution in [3.8, 4) is 0 Å². The van der Waals surface area contributed by atoms with Crippen molar-refractivity contribution in [1.82, 2.24) is 9.88 Å². The number of nitrogens with zero attached hydrogens (tertiary/aromatic N) is 1. The van der Waals surface area contributed by atoms with Crippen molar-refractivity contribution in [3.05, 3.63) is 34.2 Å². The minimum Gasteiger partial charge on any atom is -0.342 e. The lowest BCUT2D eigenvalue weighted by Gasteiger charge is -2.13. The number of hydrogen-bond acceptors (Lipinski definition) is 2. The summed E-state index contributed by atoms with van der Waals surface area (Å²) < 4.78 is 0. The van der Waals surface area contributed by atoms with Gasteiger partial charge in [0.1, 0.15) is 0 Å². The van der Waals surface area contributed by atoms with Gasteiger partial charge in [-0.1, -0.05) is 0 Å². The van der Waals surface area contributed by atoms with Crippen molar-refractivity contribution < 1.29 is 4.79 Å². The van der Waals surface area contributed by atoms with Gasteiger partial charge >= 0.3 is 0 Å². The van der Waals surface area contributed by atoms with E-state index < -0.39 is 0 Å². The zero-order chi connectivity index (χ0) is 9.84. The van der Waals surface area contributed by atoms with Crippen LogP contribution in [-0.2, 0) is 0 Å². The summed E-state index contributed by atoms with van der Waals surface area (Å²) in [6, 6.07) is 2.89. The molecule has 13 heavy (non-hydrogen) atoms. The molecular weight excluding hydrogens is 168 g/mol. The molecule has 1 N–H and O–H groups in total. The lowest BCUT2D eigenvalue weighted by Crippen LogP contribution is -2.27. The Kier molecular flexibility index (Phi) is 2.84. The average molecular weight is 180 g/mol. The van der Waals surface area contributed by atoms with Crippen molar-refractivity contribution in [3.63, 3.8) is 0 Å². The van der Waals surface area contributed by atoms with Crippen LogP contribution in [0.2, 0.25) is 0 Å². The highest BCUT2D eigenvalue weighted by Gasteiger charge is 2.09. The molecule has 70 valence electrons. The van der Waals surface area contributed by atoms with Crippen LogP contribution in [0.5, 0.6) is 0 Å². The molecule has 0 radical (unpaired) electrons. The van der Waals surface area contributed by atoms with Crippen molar-refractivity contribution in [2.45, 2.75) is 6.92 Å². The summed E-state index contributed by atoms with van der Waals surface area (Å²) >= 11 is 0. The molecular formula is C9H12N2O2. The van der Waals surface area contributed by atoms with Gasteiger partial charge in [-0.05, 0) is 13.0 Å². The summed E-state index contributed by atoms with van der Waals surface area (Å²) in [6.45, 7) is 2.51. The number of amides is 1. The Hall–Kier alpha value is -1.58. The van der Waals surface area contributed by atoms with Crippen LogP contribution in [0.4, 0.5) is 0 Å². The summed E-state index contributed by atoms with van der Waals surface area (Å²) in [5, 5.41) is 0. The molecule has 0 aliphatic carbocycles. The molecule has 0 saturated heterocycles. The van der Waals surface area contributed by atoms with Gasteiger partial charge in [0.25, 0.3) is 5.91 Å². The average Bonchev–Trinajstić information content (AvgIpc) is 2.15. The van der Waals surface area contributed by atoms with Crippen molar-refractivity contribution >= 4 is 5.91 Å². The number of rotatable bonds is 2. The summed E-state index contributed by atoms with van der Waals surface area (Å²) in [6.07, 6.45) is 1.47. The molecule has 1 rings (SSSR count). The van der Waals surface area contributed by atoms with Crippen LogP contribution in [0, 0.1) is 0 Å². The maximum atomic E-state index is 11.5. The van der Waals surface area contributed by atoms with E-state index in [1.165, 1.54) is 12.3 Å². The second kappa shape index (κ2) is 3.89. The molecule has 4 nitrogen and oxygen atoms in total. The number of carbonyl (C=O) groups excluding carboxylic acids is 1. The van der Waals surface area contributed by atoms with Crippen molar-refractivity contribution in [2.75, 3.05) is 13.6 Å². The molecule has 0 spiro atoms. The van der Waals surface area contributed by atoms with Crippen LogP contribution in [0.1, 0.15) is 17.3 Å². The normalized spacial score (nSPS) is 9.69. The Morgan fingerprint density at radius 3 is 2.85 bits per heavy atom. The standard InChI is InChI=1S/C9H12N2O2/c1-3-11(2)9(13)7-4-5-10-8(12)6-7/h4-6H,3H2,1-2H3,(H,10,12). The van der Waals surface area contributed by atoms with Gasteiger partial charge in [-0.15, -0.1) is 0 Å². The number of pyridine rings is 1. The van der Waals surface area contributed by atoms with Gasteiger partial charge < -0.3 is 9.88 Å². The first-order valence-corrected chi connectivity index (χ1v) is 4.09. The number of aromatic nitrogens is 1. The summed E-state index contributed by atoms with van der Waals surface area (Å²) in [5.74, 6) is -0.131. The number of hydrogen-bond donors (Lipinski definition) is 1. The number of nitrogens with one attached hydrogen (secondary N) is 1. The van der Waals surface area contributed by atoms with E-state index in [9.17, 15) is 9.59 Å². The minimum atomic E-state index is -0.254. The molecule has 1 aromatic heterocycles. The second-order valence-corrected chi connectivity index (χ2v) is 2.76. The molecule has 1 heterocycles. The second-order valence-electron chi connectivity index (χ2n) is 2.76. The van der Waals surface area contributed by atoms with E-state index in [4.69, 9.17) is 0 Å². The quantitative estimate of drug-likeness (QED) is 0.719. The Bertz CT molecular complexity index is 357. The highest BCUT2D eigenvalue weighted by atomic mass is 16.2. The molecule has 0 atom stereocenters. The largest absolute Gasteiger partial charge is 0.342 e. The molecule has 0 bridgehead atoms. The molecule has 1 aromatic rings. The Morgan fingerprint density at radius 1 is 1.62 bits per heavy atom. The van der Waals surface area contributed by atoms with Crippen LogP contribution in [-0.4, -0.2) is 29.4 Å². The number of aromatic amines is 1. The van der Waals surface area contributed by atoms with E-state index in [0.29, 0.717) is 12.1 Å². The molecule has 0 aromatic carbocycles. The molecule has 0 unspecified atom stereocenters. The molecule has 1 amide bonds. The maximum absolute atomic E-state index is 11.5. The molecule has 0 aliphatic rings. The van der Waals surface area contributed by atoms with Crippen LogP contribution >= 0.6 is 0 Å². The van der Waals surface area contributed by atoms with Crippen LogP contribution in [0.15, 0.2) is 23.1 Å². The van der Waals surface area contributed by atoms with Crippen molar-refractivity contribution in [1.29, 1.82) is 0 Å². The van der Waals surface area contributed by atoms with Gasteiger partial charge in [0.15, 0.2) is 0 Å². The van der Waals surface area contributed by atoms with E-state index in [2.05, 4.69) is 4.98 Å². The highest BCUT2D eigenvalue weighted by Crippen LogP contribution is 1.98. The lowest BCUT2D eigenvalue weighted by atomic mass is 10.2. The fourth-order valence-corrected chi connectivity index (χ4v) is 0.942. The lowest BCUT2D eigenvalue weighted by molar-refractivity contribution is 0.0802. The van der Waals surface area contributed by atoms with Gasteiger partial charge in [-0.25, -0.2) is 0 Å². The third-order valence-corrected chi connectivity index (χ3v) is 1.84. The fraction of sp³-hybridized carbons (Fsp3) is 0.333. The van der Waals surface area contributed by atoms with Crippen molar-refractivity contribution in [2.24, 2.45) is 0 Å². The fourth-order valence-electron chi connectivity index (χ4n) is 0.942. The third kappa shape index (κ3) is 2.18. The SMILES string of the molecule is CCN(C)C(=O)c1cc[nH]c(=O)c1. The third-order valence-electron chi connectivity index (χ3n) is 1.84. The molecule has 0 fully saturated rings. The molecule has 4 heteroatoms. The zero-order valence-corrected chi connectivity index (χ0v) is 7.70. The Balaban J connectivity index is 2.95. The zero-order valence-electron chi connectivity index (χ0n) is 7.70. The minimum absolute atomic E-state index is 0.131. The van der Waals surface area contributed by atoms with E-state index >= 15 is 0 Å². The molecule has 0 aliphatic heterocycles. The topological polar surface area (TPSA) is 53.2 Å². The first-order valence-electron chi connectivity index (χ1n) is 4.09. The predicted octanol–water partition coefficient (Wildman–Crippen LogP) is 0.467. The summed E-state index contributed by atoms with van der Waals surface area (Å²) in [4.78, 5) is 26.4. The monoisotopic (exact) mass is 180 g/mol.